The molecular formula is C21H17N3O3S. The van der Waals surface area contributed by atoms with Crippen LogP contribution >= 0.6 is 11.3 Å². The number of nitrogens with one attached hydrogen (secondary N) is 1. The van der Waals surface area contributed by atoms with Gasteiger partial charge in [0.05, 0.1) is 5.39 Å². The highest BCUT2D eigenvalue weighted by molar-refractivity contribution is 7.20. The number of fused-ring (bicyclic) bond motifs is 1. The molecule has 2 N–H and O–H groups in total. The molecule has 6 nitrogen and oxygen atoms in total. The van der Waals surface area contributed by atoms with Crippen LogP contribution in [0, 0.1) is 6.92 Å². The minimum Gasteiger partial charge on any atom is -0.508 e. The topological polar surface area (TPSA) is 84.3 Å². The molecule has 0 aliphatic carbocycles. The molecule has 0 radical (unpaired) electrons. The highest BCUT2D eigenvalue weighted by atomic mass is 32.1. The Balaban J connectivity index is 1.61. The number of aryl methyl sites for hydroxylation is 1. The second-order valence-corrected chi connectivity index (χ2v) is 7.19. The van der Waals surface area contributed by atoms with E-state index in [9.17, 15) is 9.90 Å². The van der Waals surface area contributed by atoms with E-state index in [1.165, 1.54) is 17.7 Å². The number of aromatic hydroxyl groups is 1. The average Bonchev–Trinajstić information content (AvgIpc) is 3.06. The number of benzene rings is 2. The third kappa shape index (κ3) is 3.65. The number of hydrogen-bond donors (Lipinski definition) is 2. The van der Waals surface area contributed by atoms with Gasteiger partial charge in [0.25, 0.3) is 0 Å². The molecule has 28 heavy (non-hydrogen) atoms. The highest BCUT2D eigenvalue weighted by Crippen LogP contribution is 2.35. The van der Waals surface area contributed by atoms with Crippen molar-refractivity contribution in [2.45, 2.75) is 13.5 Å². The first-order chi connectivity index (χ1) is 13.6. The maximum absolute atomic E-state index is 12.6. The summed E-state index contributed by atoms with van der Waals surface area (Å²) in [4.78, 5) is 22.5. The van der Waals surface area contributed by atoms with E-state index in [1.54, 1.807) is 24.3 Å². The van der Waals surface area contributed by atoms with Crippen LogP contribution in [-0.4, -0.2) is 21.0 Å². The zero-order chi connectivity index (χ0) is 19.5. The first-order valence-electron chi connectivity index (χ1n) is 8.63. The molecule has 0 unspecified atom stereocenters. The normalized spacial score (nSPS) is 10.8. The van der Waals surface area contributed by atoms with Crippen molar-refractivity contribution in [1.29, 1.82) is 0 Å². The van der Waals surface area contributed by atoms with Crippen LogP contribution in [0.3, 0.4) is 0 Å². The van der Waals surface area contributed by atoms with Crippen molar-refractivity contribution in [3.63, 3.8) is 0 Å². The summed E-state index contributed by atoms with van der Waals surface area (Å²) in [6.45, 7) is 2.08. The number of rotatable bonds is 5. The second kappa shape index (κ2) is 7.66. The summed E-state index contributed by atoms with van der Waals surface area (Å²) >= 11 is 1.29. The minimum atomic E-state index is -0.375. The van der Waals surface area contributed by atoms with Crippen LogP contribution in [0.25, 0.3) is 10.2 Å². The number of carbonyl (C=O) groups excluding carboxylic acids is 1. The fourth-order valence-electron chi connectivity index (χ4n) is 2.83. The summed E-state index contributed by atoms with van der Waals surface area (Å²) in [5.74, 6) is 0.417. The summed E-state index contributed by atoms with van der Waals surface area (Å²) in [6, 6.07) is 16.2. The zero-order valence-corrected chi connectivity index (χ0v) is 15.9. The maximum Gasteiger partial charge on any atom is 0.349 e. The van der Waals surface area contributed by atoms with Crippen molar-refractivity contribution in [2.24, 2.45) is 0 Å². The SMILES string of the molecule is Cc1c(C(=O)OCc2ccccc2)sc2ncnc(Nc3ccc(O)cc3)c12. The second-order valence-electron chi connectivity index (χ2n) is 6.19. The van der Waals surface area contributed by atoms with E-state index in [2.05, 4.69) is 15.3 Å². The molecule has 4 aromatic rings. The van der Waals surface area contributed by atoms with Crippen LogP contribution in [0.5, 0.6) is 5.75 Å². The number of esters is 1. The Kier molecular flexibility index (Phi) is 4.90. The Morgan fingerprint density at radius 2 is 1.86 bits per heavy atom. The monoisotopic (exact) mass is 391 g/mol. The molecule has 0 saturated heterocycles. The Morgan fingerprint density at radius 1 is 1.11 bits per heavy atom. The Morgan fingerprint density at radius 3 is 2.61 bits per heavy atom. The van der Waals surface area contributed by atoms with E-state index < -0.39 is 0 Å². The number of aromatic nitrogens is 2. The predicted octanol–water partition coefficient (Wildman–Crippen LogP) is 4.81. The molecule has 7 heteroatoms. The number of hydrogen-bond acceptors (Lipinski definition) is 7. The Hall–Kier alpha value is -3.45. The number of carbonyl (C=O) groups is 1. The molecule has 0 fully saturated rings. The number of anilines is 2. The fourth-order valence-corrected chi connectivity index (χ4v) is 3.87. The summed E-state index contributed by atoms with van der Waals surface area (Å²) in [6.07, 6.45) is 1.46. The molecular weight excluding hydrogens is 374 g/mol. The van der Waals surface area contributed by atoms with Gasteiger partial charge in [0.1, 0.15) is 34.2 Å². The van der Waals surface area contributed by atoms with Gasteiger partial charge in [-0.25, -0.2) is 14.8 Å². The number of ether oxygens (including phenoxy) is 1. The summed E-state index contributed by atoms with van der Waals surface area (Å²) in [5.41, 5.74) is 2.49. The van der Waals surface area contributed by atoms with Gasteiger partial charge in [-0.3, -0.25) is 0 Å². The largest absolute Gasteiger partial charge is 0.508 e. The van der Waals surface area contributed by atoms with Gasteiger partial charge in [0, 0.05) is 5.69 Å². The third-order valence-corrected chi connectivity index (χ3v) is 5.43. The molecule has 0 saturated carbocycles. The van der Waals surface area contributed by atoms with Crippen LogP contribution < -0.4 is 5.32 Å². The molecule has 0 aliphatic heterocycles. The van der Waals surface area contributed by atoms with Crippen molar-refractivity contribution in [3.05, 3.63) is 76.9 Å². The van der Waals surface area contributed by atoms with E-state index in [1.807, 2.05) is 37.3 Å². The van der Waals surface area contributed by atoms with Gasteiger partial charge in [-0.05, 0) is 42.3 Å². The lowest BCUT2D eigenvalue weighted by Gasteiger charge is -2.07. The molecule has 140 valence electrons. The van der Waals surface area contributed by atoms with Gasteiger partial charge in [0.2, 0.25) is 0 Å². The van der Waals surface area contributed by atoms with E-state index >= 15 is 0 Å². The lowest BCUT2D eigenvalue weighted by atomic mass is 10.2. The number of phenols is 1. The van der Waals surface area contributed by atoms with Crippen LogP contribution in [0.4, 0.5) is 11.5 Å². The van der Waals surface area contributed by atoms with Crippen LogP contribution in [0.1, 0.15) is 20.8 Å². The maximum atomic E-state index is 12.6. The lowest BCUT2D eigenvalue weighted by molar-refractivity contribution is 0.0478. The van der Waals surface area contributed by atoms with E-state index in [0.717, 1.165) is 22.2 Å². The van der Waals surface area contributed by atoms with Crippen molar-refractivity contribution >= 4 is 39.0 Å². The van der Waals surface area contributed by atoms with Crippen LogP contribution in [0.2, 0.25) is 0 Å². The van der Waals surface area contributed by atoms with Gasteiger partial charge >= 0.3 is 5.97 Å². The Bertz CT molecular complexity index is 1130. The van der Waals surface area contributed by atoms with Gasteiger partial charge in [-0.2, -0.15) is 0 Å². The van der Waals surface area contributed by atoms with Crippen molar-refractivity contribution in [2.75, 3.05) is 5.32 Å². The zero-order valence-electron chi connectivity index (χ0n) is 15.0. The van der Waals surface area contributed by atoms with Gasteiger partial charge < -0.3 is 15.2 Å². The predicted molar refractivity (Wildman–Crippen MR) is 109 cm³/mol. The molecule has 0 atom stereocenters. The molecule has 2 aromatic carbocycles. The minimum absolute atomic E-state index is 0.188. The first kappa shape index (κ1) is 17.9. The quantitative estimate of drug-likeness (QED) is 0.375. The standard InChI is InChI=1S/C21H17N3O3S/c1-13-17-19(24-15-7-9-16(25)10-8-15)22-12-23-20(17)28-18(13)21(26)27-11-14-5-3-2-4-6-14/h2-10,12,25H,11H2,1H3,(H,22,23,24). The van der Waals surface area contributed by atoms with Gasteiger partial charge in [-0.1, -0.05) is 30.3 Å². The fraction of sp³-hybridized carbons (Fsp3) is 0.0952. The van der Waals surface area contributed by atoms with Crippen molar-refractivity contribution in [1.82, 2.24) is 9.97 Å². The molecule has 0 spiro atoms. The summed E-state index contributed by atoms with van der Waals surface area (Å²) in [5, 5.41) is 13.4. The van der Waals surface area contributed by atoms with Crippen LogP contribution in [0.15, 0.2) is 60.9 Å². The number of thiophene rings is 1. The van der Waals surface area contributed by atoms with Crippen molar-refractivity contribution < 1.29 is 14.6 Å². The summed E-state index contributed by atoms with van der Waals surface area (Å²) < 4.78 is 5.47. The van der Waals surface area contributed by atoms with Gasteiger partial charge in [-0.15, -0.1) is 11.3 Å². The lowest BCUT2D eigenvalue weighted by Crippen LogP contribution is -2.04. The third-order valence-electron chi connectivity index (χ3n) is 4.26. The van der Waals surface area contributed by atoms with Crippen molar-refractivity contribution in [3.8, 4) is 5.75 Å². The summed E-state index contributed by atoms with van der Waals surface area (Å²) in [7, 11) is 0. The number of nitrogens with zero attached hydrogens (tertiary/aromatic N) is 2. The molecule has 4 rings (SSSR count). The average molecular weight is 391 g/mol. The molecule has 0 bridgehead atoms. The van der Waals surface area contributed by atoms with E-state index in [-0.39, 0.29) is 18.3 Å². The first-order valence-corrected chi connectivity index (χ1v) is 9.44. The molecule has 0 amide bonds. The molecule has 2 aromatic heterocycles. The van der Waals surface area contributed by atoms with Gasteiger partial charge in [0.15, 0.2) is 0 Å². The Labute approximate surface area is 165 Å². The smallest absolute Gasteiger partial charge is 0.349 e. The number of phenolic OH excluding ortho intramolecular Hbond substituents is 1. The molecule has 0 aliphatic rings. The molecule has 2 heterocycles. The van der Waals surface area contributed by atoms with E-state index in [4.69, 9.17) is 4.74 Å². The van der Waals surface area contributed by atoms with E-state index in [0.29, 0.717) is 15.5 Å². The van der Waals surface area contributed by atoms with Crippen LogP contribution in [-0.2, 0) is 11.3 Å². The highest BCUT2D eigenvalue weighted by Gasteiger charge is 2.20.